The van der Waals surface area contributed by atoms with E-state index in [1.165, 1.54) is 12.1 Å². The first kappa shape index (κ1) is 14.8. The number of hydrogen-bond donors (Lipinski definition) is 0. The molecule has 0 aliphatic rings. The molecule has 1 aromatic carbocycles. The highest BCUT2D eigenvalue weighted by molar-refractivity contribution is 9.09. The number of halogens is 3. The van der Waals surface area contributed by atoms with Crippen LogP contribution < -0.4 is 4.74 Å². The summed E-state index contributed by atoms with van der Waals surface area (Å²) in [5.41, 5.74) is 0.126. The topological polar surface area (TPSA) is 9.23 Å². The molecule has 1 aromatic rings. The molecular weight excluding hydrogens is 306 g/mol. The fraction of sp³-hybridized carbons (Fsp3) is 0.538. The number of alkyl halides is 1. The van der Waals surface area contributed by atoms with Gasteiger partial charge in [-0.3, -0.25) is 0 Å². The van der Waals surface area contributed by atoms with Gasteiger partial charge in [0.15, 0.2) is 0 Å². The van der Waals surface area contributed by atoms with Gasteiger partial charge in [-0.05, 0) is 25.0 Å². The van der Waals surface area contributed by atoms with E-state index in [0.29, 0.717) is 12.4 Å². The van der Waals surface area contributed by atoms with Crippen LogP contribution in [0.5, 0.6) is 5.75 Å². The lowest BCUT2D eigenvalue weighted by atomic mass is 9.86. The lowest BCUT2D eigenvalue weighted by Gasteiger charge is -2.29. The second kappa shape index (κ2) is 6.60. The smallest absolute Gasteiger partial charge is 0.142 e. The SMILES string of the molecule is CCC(CC)(CBr)COc1ccc(F)c(Cl)c1. The van der Waals surface area contributed by atoms with Crippen LogP contribution in [0, 0.1) is 11.2 Å². The average Bonchev–Trinajstić information content (AvgIpc) is 2.36. The first-order valence-electron chi connectivity index (χ1n) is 5.70. The molecular formula is C13H17BrClFO. The van der Waals surface area contributed by atoms with Crippen molar-refractivity contribution < 1.29 is 9.13 Å². The predicted molar refractivity (Wildman–Crippen MR) is 73.7 cm³/mol. The van der Waals surface area contributed by atoms with Crippen LogP contribution in [0.4, 0.5) is 4.39 Å². The Bertz CT molecular complexity index is 358. The second-order valence-corrected chi connectivity index (χ2v) is 5.17. The Labute approximate surface area is 115 Å². The van der Waals surface area contributed by atoms with E-state index in [2.05, 4.69) is 29.8 Å². The molecule has 0 spiro atoms. The summed E-state index contributed by atoms with van der Waals surface area (Å²) >= 11 is 9.23. The summed E-state index contributed by atoms with van der Waals surface area (Å²) in [6.45, 7) is 4.89. The molecule has 1 rings (SSSR count). The molecule has 1 nitrogen and oxygen atoms in total. The van der Waals surface area contributed by atoms with Crippen LogP contribution in [0.1, 0.15) is 26.7 Å². The van der Waals surface area contributed by atoms with Crippen molar-refractivity contribution in [3.05, 3.63) is 29.0 Å². The van der Waals surface area contributed by atoms with Gasteiger partial charge in [-0.15, -0.1) is 0 Å². The molecule has 0 atom stereocenters. The summed E-state index contributed by atoms with van der Waals surface area (Å²) in [4.78, 5) is 0. The van der Waals surface area contributed by atoms with Gasteiger partial charge in [0.05, 0.1) is 11.6 Å². The van der Waals surface area contributed by atoms with E-state index in [0.717, 1.165) is 18.2 Å². The highest BCUT2D eigenvalue weighted by atomic mass is 79.9. The molecule has 0 saturated heterocycles. The summed E-state index contributed by atoms with van der Waals surface area (Å²) in [5.74, 6) is 0.195. The van der Waals surface area contributed by atoms with E-state index in [1.807, 2.05) is 0 Å². The van der Waals surface area contributed by atoms with Crippen LogP contribution in [-0.4, -0.2) is 11.9 Å². The summed E-state index contributed by atoms with van der Waals surface area (Å²) < 4.78 is 18.7. The molecule has 0 aliphatic heterocycles. The van der Waals surface area contributed by atoms with Gasteiger partial charge in [0.25, 0.3) is 0 Å². The van der Waals surface area contributed by atoms with E-state index in [1.54, 1.807) is 6.07 Å². The second-order valence-electron chi connectivity index (χ2n) is 4.21. The molecule has 0 fully saturated rings. The maximum atomic E-state index is 13.0. The zero-order valence-electron chi connectivity index (χ0n) is 10.1. The number of ether oxygens (including phenoxy) is 1. The van der Waals surface area contributed by atoms with E-state index in [-0.39, 0.29) is 10.4 Å². The monoisotopic (exact) mass is 322 g/mol. The molecule has 0 saturated carbocycles. The Balaban J connectivity index is 2.68. The molecule has 0 aliphatic carbocycles. The first-order valence-corrected chi connectivity index (χ1v) is 7.20. The van der Waals surface area contributed by atoms with Crippen LogP contribution in [0.15, 0.2) is 18.2 Å². The molecule has 0 radical (unpaired) electrons. The molecule has 0 unspecified atom stereocenters. The minimum absolute atomic E-state index is 0.0972. The Kier molecular flexibility index (Phi) is 5.74. The molecule has 0 N–H and O–H groups in total. The predicted octanol–water partition coefficient (Wildman–Crippen LogP) is 5.06. The highest BCUT2D eigenvalue weighted by Gasteiger charge is 2.25. The zero-order chi connectivity index (χ0) is 12.9. The molecule has 4 heteroatoms. The van der Waals surface area contributed by atoms with Crippen LogP contribution in [0.2, 0.25) is 5.02 Å². The zero-order valence-corrected chi connectivity index (χ0v) is 12.4. The summed E-state index contributed by atoms with van der Waals surface area (Å²) in [5, 5.41) is 0.988. The van der Waals surface area contributed by atoms with Gasteiger partial charge in [-0.1, -0.05) is 41.4 Å². The van der Waals surface area contributed by atoms with Gasteiger partial charge in [-0.25, -0.2) is 4.39 Å². The molecule has 96 valence electrons. The van der Waals surface area contributed by atoms with Gasteiger partial charge >= 0.3 is 0 Å². The Morgan fingerprint density at radius 1 is 1.35 bits per heavy atom. The van der Waals surface area contributed by atoms with Crippen LogP contribution in [0.3, 0.4) is 0 Å². The summed E-state index contributed by atoms with van der Waals surface area (Å²) in [7, 11) is 0. The largest absolute Gasteiger partial charge is 0.493 e. The van der Waals surface area contributed by atoms with Crippen LogP contribution in [-0.2, 0) is 0 Å². The maximum absolute atomic E-state index is 13.0. The van der Waals surface area contributed by atoms with Crippen molar-refractivity contribution >= 4 is 27.5 Å². The Morgan fingerprint density at radius 3 is 2.47 bits per heavy atom. The van der Waals surface area contributed by atoms with Crippen molar-refractivity contribution in [3.63, 3.8) is 0 Å². The van der Waals surface area contributed by atoms with Crippen LogP contribution >= 0.6 is 27.5 Å². The normalized spacial score (nSPS) is 11.6. The summed E-state index contributed by atoms with van der Waals surface area (Å²) in [6.07, 6.45) is 2.06. The minimum Gasteiger partial charge on any atom is -0.493 e. The molecule has 0 amide bonds. The van der Waals surface area contributed by atoms with Gasteiger partial charge in [0.1, 0.15) is 11.6 Å². The maximum Gasteiger partial charge on any atom is 0.142 e. The van der Waals surface area contributed by atoms with E-state index >= 15 is 0 Å². The molecule has 0 heterocycles. The van der Waals surface area contributed by atoms with E-state index in [9.17, 15) is 4.39 Å². The van der Waals surface area contributed by atoms with Crippen molar-refractivity contribution in [1.29, 1.82) is 0 Å². The van der Waals surface area contributed by atoms with Crippen molar-refractivity contribution in [3.8, 4) is 5.75 Å². The average molecular weight is 324 g/mol. The van der Waals surface area contributed by atoms with E-state index < -0.39 is 5.82 Å². The standard InChI is InChI=1S/C13H17BrClFO/c1-3-13(4-2,8-14)9-17-10-5-6-12(16)11(15)7-10/h5-7H,3-4,8-9H2,1-2H3. The van der Waals surface area contributed by atoms with Gasteiger partial charge in [0.2, 0.25) is 0 Å². The fourth-order valence-corrected chi connectivity index (χ4v) is 2.61. The third kappa shape index (κ3) is 3.85. The van der Waals surface area contributed by atoms with Gasteiger partial charge in [0, 0.05) is 16.8 Å². The van der Waals surface area contributed by atoms with Gasteiger partial charge < -0.3 is 4.74 Å². The minimum atomic E-state index is -0.420. The lowest BCUT2D eigenvalue weighted by molar-refractivity contribution is 0.158. The fourth-order valence-electron chi connectivity index (χ4n) is 1.48. The van der Waals surface area contributed by atoms with Crippen LogP contribution in [0.25, 0.3) is 0 Å². The summed E-state index contributed by atoms with van der Waals surface area (Å²) in [6, 6.07) is 4.44. The number of benzene rings is 1. The van der Waals surface area contributed by atoms with Crippen molar-refractivity contribution in [2.24, 2.45) is 5.41 Å². The first-order chi connectivity index (χ1) is 8.06. The Morgan fingerprint density at radius 2 is 2.00 bits per heavy atom. The number of hydrogen-bond acceptors (Lipinski definition) is 1. The molecule has 17 heavy (non-hydrogen) atoms. The lowest BCUT2D eigenvalue weighted by Crippen LogP contribution is -2.29. The quantitative estimate of drug-likeness (QED) is 0.665. The van der Waals surface area contributed by atoms with E-state index in [4.69, 9.17) is 16.3 Å². The third-order valence-electron chi connectivity index (χ3n) is 3.22. The van der Waals surface area contributed by atoms with Crippen molar-refractivity contribution in [2.45, 2.75) is 26.7 Å². The Hall–Kier alpha value is -0.280. The third-order valence-corrected chi connectivity index (χ3v) is 4.70. The highest BCUT2D eigenvalue weighted by Crippen LogP contribution is 2.30. The van der Waals surface area contributed by atoms with Crippen molar-refractivity contribution in [1.82, 2.24) is 0 Å². The molecule has 0 bridgehead atoms. The van der Waals surface area contributed by atoms with Gasteiger partial charge in [-0.2, -0.15) is 0 Å². The van der Waals surface area contributed by atoms with Crippen molar-refractivity contribution in [2.75, 3.05) is 11.9 Å². The molecule has 0 aromatic heterocycles. The number of rotatable bonds is 6.